The van der Waals surface area contributed by atoms with Gasteiger partial charge in [0.2, 0.25) is 12.3 Å². The lowest BCUT2D eigenvalue weighted by molar-refractivity contribution is 0.542. The number of nitrogens with zero attached hydrogens (tertiary/aromatic N) is 5. The minimum Gasteiger partial charge on any atom is -0.424 e. The zero-order valence-corrected chi connectivity index (χ0v) is 11.2. The van der Waals surface area contributed by atoms with Gasteiger partial charge < -0.3 is 4.42 Å². The molecule has 3 rings (SSSR count). The van der Waals surface area contributed by atoms with Crippen LogP contribution in [-0.2, 0) is 0 Å². The summed E-state index contributed by atoms with van der Waals surface area (Å²) in [6.07, 6.45) is 6.31. The van der Waals surface area contributed by atoms with Gasteiger partial charge in [-0.05, 0) is 26.0 Å². The van der Waals surface area contributed by atoms with Crippen LogP contribution in [0.4, 0.5) is 0 Å². The molecular weight excluding hydrogens is 254 g/mol. The molecule has 2 aromatic heterocycles. The van der Waals surface area contributed by atoms with Gasteiger partial charge >= 0.3 is 0 Å². The summed E-state index contributed by atoms with van der Waals surface area (Å²) in [6, 6.07) is 6.25. The maximum absolute atomic E-state index is 5.01. The molecule has 0 spiro atoms. The normalized spacial score (nSPS) is 11.3. The summed E-state index contributed by atoms with van der Waals surface area (Å²) in [5.74, 6) is 1.11. The molecule has 0 fully saturated rings. The first-order valence-electron chi connectivity index (χ1n) is 6.15. The lowest BCUT2D eigenvalue weighted by Crippen LogP contribution is -1.89. The molecule has 0 N–H and O–H groups in total. The van der Waals surface area contributed by atoms with Gasteiger partial charge in [0.05, 0.1) is 0 Å². The van der Waals surface area contributed by atoms with E-state index in [0.717, 1.165) is 5.56 Å². The minimum absolute atomic E-state index is 0.424. The van der Waals surface area contributed by atoms with Gasteiger partial charge in [0.15, 0.2) is 5.82 Å². The van der Waals surface area contributed by atoms with Crippen LogP contribution in [0.1, 0.15) is 17.0 Å². The van der Waals surface area contributed by atoms with Crippen LogP contribution in [0.25, 0.3) is 23.7 Å². The quantitative estimate of drug-likeness (QED) is 0.729. The van der Waals surface area contributed by atoms with Gasteiger partial charge in [-0.15, -0.1) is 15.3 Å². The van der Waals surface area contributed by atoms with Gasteiger partial charge in [-0.25, -0.2) is 9.67 Å². The molecule has 3 aromatic rings. The fraction of sp³-hybridized carbons (Fsp3) is 0.143. The maximum atomic E-state index is 5.01. The lowest BCUT2D eigenvalue weighted by atomic mass is 10.1. The first-order chi connectivity index (χ1) is 9.70. The monoisotopic (exact) mass is 267 g/mol. The average molecular weight is 267 g/mol. The third-order valence-corrected chi connectivity index (χ3v) is 2.74. The fourth-order valence-electron chi connectivity index (χ4n) is 1.98. The first kappa shape index (κ1) is 12.3. The molecule has 2 heterocycles. The second kappa shape index (κ2) is 5.08. The SMILES string of the molecule is Cc1cc(C)cc(-c2ncn(/C=C\c3nnco3)n2)c1. The highest BCUT2D eigenvalue weighted by molar-refractivity contribution is 5.58. The van der Waals surface area contributed by atoms with Crippen molar-refractivity contribution in [2.24, 2.45) is 0 Å². The van der Waals surface area contributed by atoms with Gasteiger partial charge in [-0.3, -0.25) is 0 Å². The van der Waals surface area contributed by atoms with E-state index >= 15 is 0 Å². The van der Waals surface area contributed by atoms with Crippen molar-refractivity contribution in [1.29, 1.82) is 0 Å². The molecule has 0 saturated heterocycles. The number of hydrogen-bond acceptors (Lipinski definition) is 5. The van der Waals surface area contributed by atoms with Crippen LogP contribution in [0, 0.1) is 13.8 Å². The molecule has 0 aliphatic heterocycles. The minimum atomic E-state index is 0.424. The van der Waals surface area contributed by atoms with Crippen LogP contribution in [0.15, 0.2) is 35.3 Å². The van der Waals surface area contributed by atoms with E-state index in [1.807, 2.05) is 0 Å². The first-order valence-corrected chi connectivity index (χ1v) is 6.15. The summed E-state index contributed by atoms with van der Waals surface area (Å²) in [6.45, 7) is 4.12. The molecule has 0 saturated carbocycles. The van der Waals surface area contributed by atoms with Crippen LogP contribution >= 0.6 is 0 Å². The molecule has 0 aliphatic carbocycles. The Hall–Kier alpha value is -2.76. The van der Waals surface area contributed by atoms with Gasteiger partial charge in [0, 0.05) is 17.8 Å². The predicted molar refractivity (Wildman–Crippen MR) is 74.5 cm³/mol. The van der Waals surface area contributed by atoms with E-state index in [0.29, 0.717) is 11.7 Å². The number of aryl methyl sites for hydroxylation is 2. The molecule has 6 nitrogen and oxygen atoms in total. The van der Waals surface area contributed by atoms with E-state index in [1.165, 1.54) is 17.5 Å². The third-order valence-electron chi connectivity index (χ3n) is 2.74. The van der Waals surface area contributed by atoms with Crippen LogP contribution in [0.3, 0.4) is 0 Å². The zero-order valence-electron chi connectivity index (χ0n) is 11.2. The van der Waals surface area contributed by atoms with E-state index in [4.69, 9.17) is 4.42 Å². The lowest BCUT2D eigenvalue weighted by Gasteiger charge is -2.00. The molecule has 0 unspecified atom stereocenters. The highest BCUT2D eigenvalue weighted by Gasteiger charge is 2.04. The number of aromatic nitrogens is 5. The third kappa shape index (κ3) is 2.64. The number of rotatable bonds is 3. The Balaban J connectivity index is 1.86. The van der Waals surface area contributed by atoms with Crippen LogP contribution in [0.2, 0.25) is 0 Å². The largest absolute Gasteiger partial charge is 0.424 e. The summed E-state index contributed by atoms with van der Waals surface area (Å²) < 4.78 is 6.62. The van der Waals surface area contributed by atoms with Crippen molar-refractivity contribution in [2.45, 2.75) is 13.8 Å². The molecule has 0 bridgehead atoms. The summed E-state index contributed by atoms with van der Waals surface area (Å²) in [5, 5.41) is 11.7. The van der Waals surface area contributed by atoms with Crippen molar-refractivity contribution in [3.8, 4) is 11.4 Å². The average Bonchev–Trinajstić information content (AvgIpc) is 3.07. The van der Waals surface area contributed by atoms with E-state index in [1.54, 1.807) is 23.3 Å². The maximum Gasteiger partial charge on any atom is 0.241 e. The van der Waals surface area contributed by atoms with E-state index < -0.39 is 0 Å². The van der Waals surface area contributed by atoms with Gasteiger partial charge in [-0.2, -0.15) is 0 Å². The molecule has 0 aliphatic rings. The molecule has 100 valence electrons. The van der Waals surface area contributed by atoms with Crippen molar-refractivity contribution in [2.75, 3.05) is 0 Å². The molecule has 1 aromatic carbocycles. The van der Waals surface area contributed by atoms with Gasteiger partial charge in [0.25, 0.3) is 0 Å². The Labute approximate surface area is 115 Å². The second-order valence-corrected chi connectivity index (χ2v) is 4.52. The van der Waals surface area contributed by atoms with Gasteiger partial charge in [0.1, 0.15) is 6.33 Å². The summed E-state index contributed by atoms with van der Waals surface area (Å²) in [5.41, 5.74) is 3.39. The molecule has 20 heavy (non-hydrogen) atoms. The van der Waals surface area contributed by atoms with E-state index in [-0.39, 0.29) is 0 Å². The highest BCUT2D eigenvalue weighted by Crippen LogP contribution is 2.18. The predicted octanol–water partition coefficient (Wildman–Crippen LogP) is 2.57. The van der Waals surface area contributed by atoms with Crippen molar-refractivity contribution in [1.82, 2.24) is 25.0 Å². The molecule has 6 heteroatoms. The van der Waals surface area contributed by atoms with Crippen LogP contribution in [0.5, 0.6) is 0 Å². The summed E-state index contributed by atoms with van der Waals surface area (Å²) in [4.78, 5) is 4.30. The van der Waals surface area contributed by atoms with E-state index in [2.05, 4.69) is 52.3 Å². The Morgan fingerprint density at radius 3 is 2.65 bits per heavy atom. The zero-order chi connectivity index (χ0) is 13.9. The summed E-state index contributed by atoms with van der Waals surface area (Å²) in [7, 11) is 0. The smallest absolute Gasteiger partial charge is 0.241 e. The van der Waals surface area contributed by atoms with Crippen LogP contribution < -0.4 is 0 Å². The number of hydrogen-bond donors (Lipinski definition) is 0. The molecular formula is C14H13N5O. The van der Waals surface area contributed by atoms with Gasteiger partial charge in [-0.1, -0.05) is 17.2 Å². The Morgan fingerprint density at radius 1 is 1.15 bits per heavy atom. The van der Waals surface area contributed by atoms with Crippen molar-refractivity contribution < 1.29 is 4.42 Å². The standard InChI is InChI=1S/C14H13N5O/c1-10-5-11(2)7-12(6-10)14-15-8-19(18-14)4-3-13-17-16-9-20-13/h3-9H,1-2H3/b4-3-. The topological polar surface area (TPSA) is 69.6 Å². The number of benzene rings is 1. The van der Waals surface area contributed by atoms with Crippen molar-refractivity contribution in [3.63, 3.8) is 0 Å². The molecule has 0 radical (unpaired) electrons. The Kier molecular flexibility index (Phi) is 3.12. The fourth-order valence-corrected chi connectivity index (χ4v) is 1.98. The summed E-state index contributed by atoms with van der Waals surface area (Å²) >= 11 is 0. The van der Waals surface area contributed by atoms with Crippen molar-refractivity contribution in [3.05, 3.63) is 47.9 Å². The van der Waals surface area contributed by atoms with E-state index in [9.17, 15) is 0 Å². The Morgan fingerprint density at radius 2 is 1.95 bits per heavy atom. The Bertz CT molecular complexity index is 723. The van der Waals surface area contributed by atoms with Crippen molar-refractivity contribution >= 4 is 12.3 Å². The molecule has 0 amide bonds. The highest BCUT2D eigenvalue weighted by atomic mass is 16.4. The second-order valence-electron chi connectivity index (χ2n) is 4.52. The van der Waals surface area contributed by atoms with Crippen LogP contribution in [-0.4, -0.2) is 25.0 Å². The molecule has 0 atom stereocenters.